The van der Waals surface area contributed by atoms with E-state index in [4.69, 9.17) is 4.42 Å². The van der Waals surface area contributed by atoms with Crippen LogP contribution in [0.15, 0.2) is 59.5 Å². The molecule has 0 unspecified atom stereocenters. The maximum Gasteiger partial charge on any atom is 0.256 e. The Bertz CT molecular complexity index is 887. The van der Waals surface area contributed by atoms with E-state index in [-0.39, 0.29) is 5.91 Å². The molecule has 0 saturated heterocycles. The molecule has 5 nitrogen and oxygen atoms in total. The summed E-state index contributed by atoms with van der Waals surface area (Å²) in [5.41, 5.74) is 3.51. The lowest BCUT2D eigenvalue weighted by Crippen LogP contribution is -2.30. The fraction of sp³-hybridized carbons (Fsp3) is 0.286. The normalized spacial score (nSPS) is 13.6. The van der Waals surface area contributed by atoms with Crippen LogP contribution in [-0.2, 0) is 13.1 Å². The van der Waals surface area contributed by atoms with Gasteiger partial charge in [-0.05, 0) is 55.7 Å². The molecule has 1 amide bonds. The maximum absolute atomic E-state index is 13.2. The lowest BCUT2D eigenvalue weighted by Gasteiger charge is -2.22. The van der Waals surface area contributed by atoms with Gasteiger partial charge in [-0.1, -0.05) is 6.07 Å². The molecule has 26 heavy (non-hydrogen) atoms. The summed E-state index contributed by atoms with van der Waals surface area (Å²) in [6.07, 6.45) is 7.53. The van der Waals surface area contributed by atoms with Crippen LogP contribution in [0, 0.1) is 6.92 Å². The molecule has 0 bridgehead atoms. The fourth-order valence-electron chi connectivity index (χ4n) is 3.09. The average Bonchev–Trinajstić information content (AvgIpc) is 3.39. The summed E-state index contributed by atoms with van der Waals surface area (Å²) >= 11 is 0. The Kier molecular flexibility index (Phi) is 4.52. The number of carbonyl (C=O) groups excluding carboxylic acids is 1. The lowest BCUT2D eigenvalue weighted by atomic mass is 10.1. The van der Waals surface area contributed by atoms with Crippen molar-refractivity contribution in [3.8, 4) is 0 Å². The Labute approximate surface area is 152 Å². The van der Waals surface area contributed by atoms with E-state index in [1.807, 2.05) is 43.3 Å². The van der Waals surface area contributed by atoms with Crippen LogP contribution in [0.25, 0.3) is 0 Å². The van der Waals surface area contributed by atoms with Gasteiger partial charge < -0.3 is 9.32 Å². The zero-order valence-electron chi connectivity index (χ0n) is 14.8. The summed E-state index contributed by atoms with van der Waals surface area (Å²) in [6, 6.07) is 11.5. The number of nitrogens with zero attached hydrogens (tertiary/aromatic N) is 3. The van der Waals surface area contributed by atoms with Crippen LogP contribution >= 0.6 is 0 Å². The monoisotopic (exact) mass is 347 g/mol. The van der Waals surface area contributed by atoms with E-state index in [2.05, 4.69) is 9.97 Å². The van der Waals surface area contributed by atoms with E-state index in [1.54, 1.807) is 23.6 Å². The molecule has 0 N–H and O–H groups in total. The minimum absolute atomic E-state index is 0.0439. The number of furan rings is 1. The molecule has 132 valence electrons. The lowest BCUT2D eigenvalue weighted by molar-refractivity contribution is 0.0716. The van der Waals surface area contributed by atoms with Crippen LogP contribution in [0.2, 0.25) is 0 Å². The van der Waals surface area contributed by atoms with Crippen LogP contribution in [-0.4, -0.2) is 20.8 Å². The Morgan fingerprint density at radius 2 is 2.08 bits per heavy atom. The number of pyridine rings is 2. The zero-order chi connectivity index (χ0) is 17.9. The average molecular weight is 347 g/mol. The van der Waals surface area contributed by atoms with Crippen LogP contribution in [0.4, 0.5) is 0 Å². The van der Waals surface area contributed by atoms with E-state index in [0.717, 1.165) is 22.7 Å². The van der Waals surface area contributed by atoms with Gasteiger partial charge in [-0.3, -0.25) is 14.8 Å². The van der Waals surface area contributed by atoms with Crippen molar-refractivity contribution in [2.75, 3.05) is 0 Å². The number of rotatable bonds is 6. The first-order valence-corrected chi connectivity index (χ1v) is 8.89. The van der Waals surface area contributed by atoms with Crippen LogP contribution < -0.4 is 0 Å². The van der Waals surface area contributed by atoms with Crippen molar-refractivity contribution in [1.82, 2.24) is 14.9 Å². The van der Waals surface area contributed by atoms with Crippen molar-refractivity contribution >= 4 is 5.91 Å². The predicted molar refractivity (Wildman–Crippen MR) is 97.5 cm³/mol. The van der Waals surface area contributed by atoms with Gasteiger partial charge in [0, 0.05) is 30.6 Å². The van der Waals surface area contributed by atoms with Crippen LogP contribution in [0.3, 0.4) is 0 Å². The van der Waals surface area contributed by atoms with Gasteiger partial charge in [0.2, 0.25) is 0 Å². The Hall–Kier alpha value is -2.95. The molecule has 1 saturated carbocycles. The molecule has 0 aliphatic heterocycles. The van der Waals surface area contributed by atoms with E-state index < -0.39 is 0 Å². The van der Waals surface area contributed by atoms with Crippen molar-refractivity contribution in [2.24, 2.45) is 0 Å². The van der Waals surface area contributed by atoms with Crippen LogP contribution in [0.1, 0.15) is 51.8 Å². The highest BCUT2D eigenvalue weighted by Gasteiger charge is 2.26. The first kappa shape index (κ1) is 16.5. The minimum atomic E-state index is -0.0439. The first-order chi connectivity index (χ1) is 12.7. The van der Waals surface area contributed by atoms with Gasteiger partial charge in [-0.15, -0.1) is 0 Å². The predicted octanol–water partition coefficient (Wildman–Crippen LogP) is 4.10. The summed E-state index contributed by atoms with van der Waals surface area (Å²) in [4.78, 5) is 23.8. The SMILES string of the molecule is Cc1nc(C2CC2)ccc1C(=O)N(Cc1cccnc1)Cc1ccco1. The molecule has 3 aromatic rings. The molecule has 0 aromatic carbocycles. The number of aromatic nitrogens is 2. The molecular weight excluding hydrogens is 326 g/mol. The summed E-state index contributed by atoms with van der Waals surface area (Å²) in [6.45, 7) is 2.79. The summed E-state index contributed by atoms with van der Waals surface area (Å²) < 4.78 is 5.45. The summed E-state index contributed by atoms with van der Waals surface area (Å²) in [7, 11) is 0. The van der Waals surface area contributed by atoms with E-state index in [9.17, 15) is 4.79 Å². The summed E-state index contributed by atoms with van der Waals surface area (Å²) in [5.74, 6) is 1.28. The molecule has 4 rings (SSSR count). The molecule has 0 spiro atoms. The largest absolute Gasteiger partial charge is 0.467 e. The second-order valence-corrected chi connectivity index (χ2v) is 6.75. The molecule has 0 atom stereocenters. The Balaban J connectivity index is 1.60. The van der Waals surface area contributed by atoms with E-state index in [0.29, 0.717) is 24.6 Å². The standard InChI is InChI=1S/C21H21N3O2/c1-15-19(8-9-20(23-15)17-6-7-17)21(25)24(14-18-5-3-11-26-18)13-16-4-2-10-22-12-16/h2-5,8-12,17H,6-7,13-14H2,1H3. The van der Waals surface area contributed by atoms with Crippen LogP contribution in [0.5, 0.6) is 0 Å². The minimum Gasteiger partial charge on any atom is -0.467 e. The summed E-state index contributed by atoms with van der Waals surface area (Å²) in [5, 5.41) is 0. The third kappa shape index (κ3) is 3.67. The van der Waals surface area contributed by atoms with Gasteiger partial charge >= 0.3 is 0 Å². The topological polar surface area (TPSA) is 59.2 Å². The van der Waals surface area contributed by atoms with Crippen molar-refractivity contribution in [3.05, 3.63) is 83.3 Å². The van der Waals surface area contributed by atoms with E-state index in [1.165, 1.54) is 12.8 Å². The van der Waals surface area contributed by atoms with Gasteiger partial charge in [0.05, 0.1) is 24.1 Å². The second-order valence-electron chi connectivity index (χ2n) is 6.75. The molecule has 1 aliphatic rings. The number of hydrogen-bond acceptors (Lipinski definition) is 4. The second kappa shape index (κ2) is 7.12. The molecule has 3 heterocycles. The van der Waals surface area contributed by atoms with Crippen molar-refractivity contribution in [2.45, 2.75) is 38.8 Å². The number of aryl methyl sites for hydroxylation is 1. The van der Waals surface area contributed by atoms with Crippen molar-refractivity contribution < 1.29 is 9.21 Å². The van der Waals surface area contributed by atoms with Gasteiger partial charge in [0.1, 0.15) is 5.76 Å². The molecule has 0 radical (unpaired) electrons. The highest BCUT2D eigenvalue weighted by molar-refractivity contribution is 5.95. The van der Waals surface area contributed by atoms with Crippen molar-refractivity contribution in [3.63, 3.8) is 0 Å². The van der Waals surface area contributed by atoms with Crippen molar-refractivity contribution in [1.29, 1.82) is 0 Å². The molecular formula is C21H21N3O2. The molecule has 1 fully saturated rings. The van der Waals surface area contributed by atoms with E-state index >= 15 is 0 Å². The van der Waals surface area contributed by atoms with Gasteiger partial charge in [0.15, 0.2) is 0 Å². The molecule has 1 aliphatic carbocycles. The Morgan fingerprint density at radius 3 is 2.73 bits per heavy atom. The zero-order valence-corrected chi connectivity index (χ0v) is 14.8. The number of hydrogen-bond donors (Lipinski definition) is 0. The maximum atomic E-state index is 13.2. The highest BCUT2D eigenvalue weighted by atomic mass is 16.3. The third-order valence-corrected chi connectivity index (χ3v) is 4.64. The number of carbonyl (C=O) groups is 1. The fourth-order valence-corrected chi connectivity index (χ4v) is 3.09. The van der Waals surface area contributed by atoms with Gasteiger partial charge in [-0.2, -0.15) is 0 Å². The van der Waals surface area contributed by atoms with Gasteiger partial charge in [0.25, 0.3) is 5.91 Å². The smallest absolute Gasteiger partial charge is 0.256 e. The highest BCUT2D eigenvalue weighted by Crippen LogP contribution is 2.39. The first-order valence-electron chi connectivity index (χ1n) is 8.89. The third-order valence-electron chi connectivity index (χ3n) is 4.64. The molecule has 3 aromatic heterocycles. The quantitative estimate of drug-likeness (QED) is 0.674. The van der Waals surface area contributed by atoms with Gasteiger partial charge in [-0.25, -0.2) is 0 Å². The number of amides is 1. The Morgan fingerprint density at radius 1 is 1.19 bits per heavy atom. The molecule has 5 heteroatoms.